The third kappa shape index (κ3) is 4.48. The number of hydrogen-bond donors (Lipinski definition) is 1. The van der Waals surface area contributed by atoms with Gasteiger partial charge in [0.15, 0.2) is 0 Å². The quantitative estimate of drug-likeness (QED) is 0.806. The average molecular weight is 414 g/mol. The van der Waals surface area contributed by atoms with E-state index in [9.17, 15) is 9.59 Å². The summed E-state index contributed by atoms with van der Waals surface area (Å²) in [5.74, 6) is 0.257. The molecule has 0 spiro atoms. The molecule has 0 unspecified atom stereocenters. The van der Waals surface area contributed by atoms with Crippen LogP contribution in [0.25, 0.3) is 0 Å². The van der Waals surface area contributed by atoms with Gasteiger partial charge in [-0.1, -0.05) is 34.3 Å². The molecule has 2 aliphatic rings. The molecule has 29 heavy (non-hydrogen) atoms. The van der Waals surface area contributed by atoms with Crippen LogP contribution in [0.5, 0.6) is 0 Å². The van der Waals surface area contributed by atoms with Crippen LogP contribution in [-0.4, -0.2) is 63.9 Å². The Kier molecular flexibility index (Phi) is 5.91. The summed E-state index contributed by atoms with van der Waals surface area (Å²) < 4.78 is 4.04. The largest absolute Gasteiger partial charge is 0.369 e. The molecule has 8 heteroatoms. The van der Waals surface area contributed by atoms with E-state index < -0.39 is 0 Å². The third-order valence-electron chi connectivity index (χ3n) is 6.28. The smallest absolute Gasteiger partial charge is 0.236 e. The number of piperidine rings is 1. The fraction of sp³-hybridized carbons (Fsp3) is 0.524. The molecule has 1 aromatic carbocycles. The number of benzene rings is 1. The number of aromatic nitrogens is 2. The lowest BCUT2D eigenvalue weighted by molar-refractivity contribution is -0.132. The first-order valence-corrected chi connectivity index (χ1v) is 11.0. The van der Waals surface area contributed by atoms with E-state index >= 15 is 0 Å². The van der Waals surface area contributed by atoms with Crippen LogP contribution in [0.15, 0.2) is 29.6 Å². The molecular weight excluding hydrogens is 386 g/mol. The maximum absolute atomic E-state index is 13.0. The van der Waals surface area contributed by atoms with Gasteiger partial charge in [-0.15, -0.1) is 5.10 Å². The second kappa shape index (κ2) is 8.59. The van der Waals surface area contributed by atoms with Gasteiger partial charge in [-0.3, -0.25) is 14.5 Å². The van der Waals surface area contributed by atoms with Gasteiger partial charge < -0.3 is 10.6 Å². The first-order chi connectivity index (χ1) is 14.0. The van der Waals surface area contributed by atoms with Crippen LogP contribution >= 0.6 is 11.5 Å². The number of primary amides is 1. The minimum absolute atomic E-state index is 0.0550. The van der Waals surface area contributed by atoms with Crippen LogP contribution in [0.2, 0.25) is 0 Å². The van der Waals surface area contributed by atoms with Crippen molar-refractivity contribution in [3.63, 3.8) is 0 Å². The van der Waals surface area contributed by atoms with E-state index in [2.05, 4.69) is 45.7 Å². The summed E-state index contributed by atoms with van der Waals surface area (Å²) in [6.45, 7) is 5.33. The Balaban J connectivity index is 1.44. The summed E-state index contributed by atoms with van der Waals surface area (Å²) in [5, 5.41) is 6.30. The number of nitrogens with zero attached hydrogens (tertiary/aromatic N) is 4. The number of carbonyl (C=O) groups excluding carboxylic acids is 2. The van der Waals surface area contributed by atoms with Crippen LogP contribution in [-0.2, 0) is 9.59 Å². The minimum atomic E-state index is -0.226. The third-order valence-corrected chi connectivity index (χ3v) is 6.81. The molecule has 0 bridgehead atoms. The maximum Gasteiger partial charge on any atom is 0.236 e. The van der Waals surface area contributed by atoms with Gasteiger partial charge in [0.2, 0.25) is 11.8 Å². The molecule has 0 saturated carbocycles. The van der Waals surface area contributed by atoms with Gasteiger partial charge in [-0.2, -0.15) is 0 Å². The second-order valence-electron chi connectivity index (χ2n) is 8.20. The molecule has 4 rings (SSSR count). The fourth-order valence-corrected chi connectivity index (χ4v) is 4.98. The van der Waals surface area contributed by atoms with E-state index in [1.807, 2.05) is 10.3 Å². The van der Waals surface area contributed by atoms with Crippen molar-refractivity contribution in [3.8, 4) is 0 Å². The molecule has 2 atom stereocenters. The molecule has 154 valence electrons. The highest BCUT2D eigenvalue weighted by molar-refractivity contribution is 7.03. The topological polar surface area (TPSA) is 92.4 Å². The Bertz CT molecular complexity index is 846. The number of rotatable bonds is 5. The van der Waals surface area contributed by atoms with Gasteiger partial charge in [0.25, 0.3) is 0 Å². The SMILES string of the molecule is Cc1ccc([C@H]2CN(C(=O)CN3CCC(C(N)=O)CC3)C[C@@H]2c2csnn2)cc1. The number of nitrogens with two attached hydrogens (primary N) is 1. The molecule has 0 aliphatic carbocycles. The Morgan fingerprint density at radius 3 is 2.45 bits per heavy atom. The molecule has 3 heterocycles. The predicted molar refractivity (Wildman–Crippen MR) is 112 cm³/mol. The van der Waals surface area contributed by atoms with Gasteiger partial charge in [0.1, 0.15) is 0 Å². The van der Waals surface area contributed by atoms with Crippen LogP contribution in [0, 0.1) is 12.8 Å². The first-order valence-electron chi connectivity index (χ1n) is 10.1. The van der Waals surface area contributed by atoms with E-state index in [1.165, 1.54) is 22.7 Å². The molecular formula is C21H27N5O2S. The molecule has 2 fully saturated rings. The Labute approximate surface area is 175 Å². The van der Waals surface area contributed by atoms with Crippen molar-refractivity contribution in [2.24, 2.45) is 11.7 Å². The van der Waals surface area contributed by atoms with E-state index in [0.717, 1.165) is 31.6 Å². The van der Waals surface area contributed by atoms with Gasteiger partial charge in [0.05, 0.1) is 12.2 Å². The van der Waals surface area contributed by atoms with Crippen LogP contribution in [0.4, 0.5) is 0 Å². The maximum atomic E-state index is 13.0. The normalized spacial score (nSPS) is 23.4. The summed E-state index contributed by atoms with van der Waals surface area (Å²) in [4.78, 5) is 28.5. The Hall–Kier alpha value is -2.32. The zero-order valence-electron chi connectivity index (χ0n) is 16.7. The van der Waals surface area contributed by atoms with Gasteiger partial charge in [-0.05, 0) is 50.0 Å². The molecule has 2 amide bonds. The highest BCUT2D eigenvalue weighted by Crippen LogP contribution is 2.39. The highest BCUT2D eigenvalue weighted by Gasteiger charge is 2.38. The highest BCUT2D eigenvalue weighted by atomic mass is 32.1. The lowest BCUT2D eigenvalue weighted by Crippen LogP contribution is -2.44. The van der Waals surface area contributed by atoms with Crippen molar-refractivity contribution in [1.29, 1.82) is 0 Å². The van der Waals surface area contributed by atoms with Crippen molar-refractivity contribution >= 4 is 23.3 Å². The first kappa shape index (κ1) is 20.0. The molecule has 2 aromatic rings. The van der Waals surface area contributed by atoms with Crippen LogP contribution < -0.4 is 5.73 Å². The number of amides is 2. The van der Waals surface area contributed by atoms with Gasteiger partial charge in [-0.25, -0.2) is 0 Å². The van der Waals surface area contributed by atoms with Crippen molar-refractivity contribution in [1.82, 2.24) is 19.4 Å². The number of aryl methyl sites for hydroxylation is 1. The summed E-state index contributed by atoms with van der Waals surface area (Å²) in [5.41, 5.74) is 8.85. The molecule has 0 radical (unpaired) electrons. The minimum Gasteiger partial charge on any atom is -0.369 e. The van der Waals surface area contributed by atoms with Crippen molar-refractivity contribution in [3.05, 3.63) is 46.5 Å². The predicted octanol–water partition coefficient (Wildman–Crippen LogP) is 1.75. The monoisotopic (exact) mass is 413 g/mol. The van der Waals surface area contributed by atoms with Crippen LogP contribution in [0.1, 0.15) is 41.5 Å². The Morgan fingerprint density at radius 2 is 1.83 bits per heavy atom. The number of hydrogen-bond acceptors (Lipinski definition) is 6. The standard InChI is InChI=1S/C21H27N5O2S/c1-14-2-4-15(5-3-14)17-10-26(11-18(17)19-13-29-24-23-19)20(27)12-25-8-6-16(7-9-25)21(22)28/h2-5,13,16-18H,6-12H2,1H3,(H2,22,28)/t17-,18+/m1/s1. The number of likely N-dealkylation sites (tertiary alicyclic amines) is 2. The zero-order chi connectivity index (χ0) is 20.4. The van der Waals surface area contributed by atoms with Gasteiger partial charge in [0, 0.05) is 36.2 Å². The molecule has 2 aliphatic heterocycles. The average Bonchev–Trinajstić information content (AvgIpc) is 3.39. The van der Waals surface area contributed by atoms with E-state index in [1.54, 1.807) is 0 Å². The van der Waals surface area contributed by atoms with E-state index in [-0.39, 0.29) is 29.6 Å². The number of carbonyl (C=O) groups is 2. The molecule has 2 saturated heterocycles. The Morgan fingerprint density at radius 1 is 1.14 bits per heavy atom. The molecule has 2 N–H and O–H groups in total. The van der Waals surface area contributed by atoms with Crippen molar-refractivity contribution < 1.29 is 9.59 Å². The summed E-state index contributed by atoms with van der Waals surface area (Å²) in [7, 11) is 0. The van der Waals surface area contributed by atoms with Crippen molar-refractivity contribution in [2.75, 3.05) is 32.7 Å². The van der Waals surface area contributed by atoms with Gasteiger partial charge >= 0.3 is 0 Å². The fourth-order valence-electron chi connectivity index (χ4n) is 4.46. The van der Waals surface area contributed by atoms with E-state index in [0.29, 0.717) is 19.6 Å². The molecule has 7 nitrogen and oxygen atoms in total. The summed E-state index contributed by atoms with van der Waals surface area (Å²) in [6.07, 6.45) is 1.48. The second-order valence-corrected chi connectivity index (χ2v) is 8.81. The lowest BCUT2D eigenvalue weighted by Gasteiger charge is -2.31. The lowest BCUT2D eigenvalue weighted by atomic mass is 9.87. The zero-order valence-corrected chi connectivity index (χ0v) is 17.5. The van der Waals surface area contributed by atoms with E-state index in [4.69, 9.17) is 5.73 Å². The summed E-state index contributed by atoms with van der Waals surface area (Å²) >= 11 is 1.36. The molecule has 1 aromatic heterocycles. The van der Waals surface area contributed by atoms with Crippen LogP contribution in [0.3, 0.4) is 0 Å². The van der Waals surface area contributed by atoms with Crippen molar-refractivity contribution in [2.45, 2.75) is 31.6 Å². The summed E-state index contributed by atoms with van der Waals surface area (Å²) in [6, 6.07) is 8.57.